The van der Waals surface area contributed by atoms with E-state index in [1.165, 1.54) is 0 Å². The van der Waals surface area contributed by atoms with Gasteiger partial charge in [0.1, 0.15) is 12.4 Å². The minimum absolute atomic E-state index is 0.276. The first kappa shape index (κ1) is 15.8. The Hall–Kier alpha value is -0.290. The normalized spacial score (nSPS) is 12.4. The summed E-state index contributed by atoms with van der Waals surface area (Å²) in [5.41, 5.74) is 0. The molecule has 18 heavy (non-hydrogen) atoms. The molecule has 3 nitrogen and oxygen atoms in total. The van der Waals surface area contributed by atoms with Crippen LogP contribution in [0.5, 0.6) is 5.75 Å². The Labute approximate surface area is 122 Å². The summed E-state index contributed by atoms with van der Waals surface area (Å²) in [6, 6.07) is 8.09. The van der Waals surface area contributed by atoms with Crippen molar-refractivity contribution in [1.29, 1.82) is 0 Å². The highest BCUT2D eigenvalue weighted by atomic mass is 79.9. The van der Waals surface area contributed by atoms with E-state index in [1.807, 2.05) is 24.3 Å². The van der Waals surface area contributed by atoms with Crippen LogP contribution in [-0.2, 0) is 4.74 Å². The third-order valence-corrected chi connectivity index (χ3v) is 3.32. The van der Waals surface area contributed by atoms with Crippen LogP contribution in [0.25, 0.3) is 0 Å². The highest BCUT2D eigenvalue weighted by Gasteiger charge is 2.05. The molecule has 1 rings (SSSR count). The monoisotopic (exact) mass is 335 g/mol. The summed E-state index contributed by atoms with van der Waals surface area (Å²) in [6.45, 7) is 2.11. The van der Waals surface area contributed by atoms with Crippen LogP contribution in [-0.4, -0.2) is 38.8 Å². The van der Waals surface area contributed by atoms with Crippen molar-refractivity contribution in [2.24, 2.45) is 0 Å². The molecule has 0 aromatic heterocycles. The van der Waals surface area contributed by atoms with Crippen molar-refractivity contribution in [3.63, 3.8) is 0 Å². The van der Waals surface area contributed by atoms with Gasteiger partial charge in [-0.3, -0.25) is 0 Å². The Morgan fingerprint density at radius 2 is 2.22 bits per heavy atom. The summed E-state index contributed by atoms with van der Waals surface area (Å²) in [5, 5.41) is 3.34. The van der Waals surface area contributed by atoms with E-state index in [2.05, 4.69) is 21.2 Å². The Kier molecular flexibility index (Phi) is 8.42. The fourth-order valence-electron chi connectivity index (χ4n) is 1.48. The van der Waals surface area contributed by atoms with Gasteiger partial charge >= 0.3 is 0 Å². The van der Waals surface area contributed by atoms with Crippen LogP contribution in [0.1, 0.15) is 6.42 Å². The molecule has 0 amide bonds. The van der Waals surface area contributed by atoms with Crippen LogP contribution in [0, 0.1) is 0 Å². The molecule has 0 spiro atoms. The van der Waals surface area contributed by atoms with E-state index in [-0.39, 0.29) is 6.04 Å². The molecule has 1 aromatic carbocycles. The number of methoxy groups -OCH3 is 1. The van der Waals surface area contributed by atoms with Crippen molar-refractivity contribution in [3.05, 3.63) is 28.7 Å². The molecular weight excluding hydrogens is 318 g/mol. The molecule has 0 saturated heterocycles. The molecule has 0 aliphatic heterocycles. The number of nitrogens with one attached hydrogen (secondary N) is 1. The van der Waals surface area contributed by atoms with E-state index in [1.54, 1.807) is 7.11 Å². The summed E-state index contributed by atoms with van der Waals surface area (Å²) < 4.78 is 11.7. The lowest BCUT2D eigenvalue weighted by Gasteiger charge is -2.15. The Morgan fingerprint density at radius 3 is 2.89 bits per heavy atom. The van der Waals surface area contributed by atoms with Crippen LogP contribution in [0.15, 0.2) is 28.7 Å². The molecule has 102 valence electrons. The smallest absolute Gasteiger partial charge is 0.120 e. The molecule has 1 aromatic rings. The average molecular weight is 337 g/mol. The molecule has 5 heteroatoms. The van der Waals surface area contributed by atoms with Gasteiger partial charge in [-0.05, 0) is 24.6 Å². The Morgan fingerprint density at radius 1 is 1.39 bits per heavy atom. The lowest BCUT2D eigenvalue weighted by atomic mass is 10.2. The minimum Gasteiger partial charge on any atom is -0.492 e. The second kappa shape index (κ2) is 9.62. The lowest BCUT2D eigenvalue weighted by molar-refractivity contribution is 0.184. The maximum absolute atomic E-state index is 5.85. The number of halogens is 2. The van der Waals surface area contributed by atoms with Gasteiger partial charge in [0, 0.05) is 36.7 Å². The van der Waals surface area contributed by atoms with Crippen molar-refractivity contribution >= 4 is 27.5 Å². The molecular formula is C13H19BrClNO2. The quantitative estimate of drug-likeness (QED) is 0.555. The molecule has 1 unspecified atom stereocenters. The topological polar surface area (TPSA) is 30.5 Å². The molecule has 1 N–H and O–H groups in total. The van der Waals surface area contributed by atoms with Crippen molar-refractivity contribution in [1.82, 2.24) is 5.32 Å². The summed E-state index contributed by atoms with van der Waals surface area (Å²) in [7, 11) is 1.70. The SMILES string of the molecule is COCCC(CCl)NCCOc1cccc(Br)c1. The second-order valence-corrected chi connectivity index (χ2v) is 5.12. The van der Waals surface area contributed by atoms with Gasteiger partial charge < -0.3 is 14.8 Å². The first-order valence-electron chi connectivity index (χ1n) is 5.93. The molecule has 0 saturated carbocycles. The van der Waals surface area contributed by atoms with E-state index in [4.69, 9.17) is 21.1 Å². The van der Waals surface area contributed by atoms with Gasteiger partial charge in [0.15, 0.2) is 0 Å². The largest absolute Gasteiger partial charge is 0.492 e. The zero-order valence-corrected chi connectivity index (χ0v) is 12.8. The second-order valence-electron chi connectivity index (χ2n) is 3.89. The zero-order chi connectivity index (χ0) is 13.2. The van der Waals surface area contributed by atoms with E-state index in [9.17, 15) is 0 Å². The third kappa shape index (κ3) is 6.59. The lowest BCUT2D eigenvalue weighted by Crippen LogP contribution is -2.34. The van der Waals surface area contributed by atoms with Crippen molar-refractivity contribution in [2.75, 3.05) is 32.7 Å². The summed E-state index contributed by atoms with van der Waals surface area (Å²) in [4.78, 5) is 0. The minimum atomic E-state index is 0.276. The van der Waals surface area contributed by atoms with Crippen molar-refractivity contribution in [2.45, 2.75) is 12.5 Å². The van der Waals surface area contributed by atoms with Crippen LogP contribution < -0.4 is 10.1 Å². The molecule has 1 atom stereocenters. The average Bonchev–Trinajstić information content (AvgIpc) is 2.38. The maximum atomic E-state index is 5.85. The summed E-state index contributed by atoms with van der Waals surface area (Å²) in [6.07, 6.45) is 0.914. The Bertz CT molecular complexity index is 339. The zero-order valence-electron chi connectivity index (χ0n) is 10.5. The van der Waals surface area contributed by atoms with Gasteiger partial charge in [-0.25, -0.2) is 0 Å². The van der Waals surface area contributed by atoms with Crippen molar-refractivity contribution in [3.8, 4) is 5.75 Å². The number of benzene rings is 1. The van der Waals surface area contributed by atoms with E-state index in [0.29, 0.717) is 12.5 Å². The van der Waals surface area contributed by atoms with Crippen LogP contribution in [0.4, 0.5) is 0 Å². The first-order valence-corrected chi connectivity index (χ1v) is 7.25. The van der Waals surface area contributed by atoms with Gasteiger partial charge in [-0.1, -0.05) is 22.0 Å². The number of alkyl halides is 1. The Balaban J connectivity index is 2.17. The fourth-order valence-corrected chi connectivity index (χ4v) is 2.12. The van der Waals surface area contributed by atoms with Gasteiger partial charge in [0.2, 0.25) is 0 Å². The number of ether oxygens (including phenoxy) is 2. The first-order chi connectivity index (χ1) is 8.76. The van der Waals surface area contributed by atoms with Gasteiger partial charge in [-0.15, -0.1) is 11.6 Å². The number of hydrogen-bond acceptors (Lipinski definition) is 3. The summed E-state index contributed by atoms with van der Waals surface area (Å²) in [5.74, 6) is 1.45. The third-order valence-electron chi connectivity index (χ3n) is 2.46. The van der Waals surface area contributed by atoms with E-state index < -0.39 is 0 Å². The highest BCUT2D eigenvalue weighted by Crippen LogP contribution is 2.17. The van der Waals surface area contributed by atoms with Crippen LogP contribution in [0.3, 0.4) is 0 Å². The van der Waals surface area contributed by atoms with Gasteiger partial charge in [0.05, 0.1) is 0 Å². The maximum Gasteiger partial charge on any atom is 0.120 e. The summed E-state index contributed by atoms with van der Waals surface area (Å²) >= 11 is 9.26. The molecule has 0 aliphatic carbocycles. The van der Waals surface area contributed by atoms with Crippen LogP contribution >= 0.6 is 27.5 Å². The number of rotatable bonds is 9. The van der Waals surface area contributed by atoms with Crippen LogP contribution in [0.2, 0.25) is 0 Å². The van der Waals surface area contributed by atoms with Crippen molar-refractivity contribution < 1.29 is 9.47 Å². The fraction of sp³-hybridized carbons (Fsp3) is 0.538. The molecule has 0 radical (unpaired) electrons. The standard InChI is InChI=1S/C13H19BrClNO2/c1-17-7-5-12(10-15)16-6-8-18-13-4-2-3-11(14)9-13/h2-4,9,12,16H,5-8,10H2,1H3. The predicted octanol–water partition coefficient (Wildman–Crippen LogP) is 3.06. The van der Waals surface area contributed by atoms with E-state index >= 15 is 0 Å². The number of hydrogen-bond donors (Lipinski definition) is 1. The van der Waals surface area contributed by atoms with E-state index in [0.717, 1.165) is 29.8 Å². The molecule has 0 aliphatic rings. The highest BCUT2D eigenvalue weighted by molar-refractivity contribution is 9.10. The predicted molar refractivity (Wildman–Crippen MR) is 78.6 cm³/mol. The van der Waals surface area contributed by atoms with Gasteiger partial charge in [0.25, 0.3) is 0 Å². The molecule has 0 heterocycles. The molecule has 0 fully saturated rings. The van der Waals surface area contributed by atoms with Gasteiger partial charge in [-0.2, -0.15) is 0 Å². The molecule has 0 bridgehead atoms.